The van der Waals surface area contributed by atoms with Crippen LogP contribution >= 0.6 is 11.8 Å². The molecule has 4 atom stereocenters. The first-order valence-electron chi connectivity index (χ1n) is 6.50. The van der Waals surface area contributed by atoms with Gasteiger partial charge in [0.1, 0.15) is 6.26 Å². The van der Waals surface area contributed by atoms with E-state index in [-0.39, 0.29) is 0 Å². The number of hydrogen-bond donors (Lipinski definition) is 1. The van der Waals surface area contributed by atoms with E-state index in [1.807, 2.05) is 0 Å². The highest BCUT2D eigenvalue weighted by atomic mass is 32.2. The molecule has 0 bridgehead atoms. The highest BCUT2D eigenvalue weighted by molar-refractivity contribution is 7.99. The monoisotopic (exact) mass is 254 g/mol. The predicted molar refractivity (Wildman–Crippen MR) is 71.2 cm³/mol. The third-order valence-corrected chi connectivity index (χ3v) is 4.97. The van der Waals surface area contributed by atoms with Crippen LogP contribution in [0.4, 0.5) is 0 Å². The third-order valence-electron chi connectivity index (χ3n) is 3.50. The first-order valence-corrected chi connectivity index (χ1v) is 7.38. The van der Waals surface area contributed by atoms with Gasteiger partial charge in [-0.1, -0.05) is 32.5 Å². The van der Waals surface area contributed by atoms with Crippen LogP contribution < -0.4 is 5.32 Å². The predicted octanol–water partition coefficient (Wildman–Crippen LogP) is 3.18. The summed E-state index contributed by atoms with van der Waals surface area (Å²) in [4.78, 5) is 4.23. The average Bonchev–Trinajstić information content (AvgIpc) is 2.76. The Hall–Kier alpha value is -0.480. The molecule has 2 rings (SSSR count). The molecule has 0 amide bonds. The molecule has 3 nitrogen and oxygen atoms in total. The van der Waals surface area contributed by atoms with Gasteiger partial charge >= 0.3 is 0 Å². The fourth-order valence-electron chi connectivity index (χ4n) is 2.87. The van der Waals surface area contributed by atoms with Crippen LogP contribution in [0.1, 0.15) is 33.6 Å². The van der Waals surface area contributed by atoms with Gasteiger partial charge in [-0.25, -0.2) is 4.98 Å². The molecule has 1 saturated carbocycles. The van der Waals surface area contributed by atoms with Crippen LogP contribution in [-0.2, 0) is 0 Å². The van der Waals surface area contributed by atoms with Gasteiger partial charge < -0.3 is 9.73 Å². The molecule has 1 fully saturated rings. The molecule has 4 heteroatoms. The highest BCUT2D eigenvalue weighted by Gasteiger charge is 2.35. The number of oxazole rings is 1. The smallest absolute Gasteiger partial charge is 0.255 e. The Morgan fingerprint density at radius 1 is 1.47 bits per heavy atom. The number of nitrogens with one attached hydrogen (secondary N) is 1. The summed E-state index contributed by atoms with van der Waals surface area (Å²) < 4.78 is 5.36. The minimum atomic E-state index is 0.574. The summed E-state index contributed by atoms with van der Waals surface area (Å²) in [6, 6.07) is 0.579. The van der Waals surface area contributed by atoms with Crippen molar-refractivity contribution in [2.24, 2.45) is 11.8 Å². The van der Waals surface area contributed by atoms with Gasteiger partial charge in [-0.15, -0.1) is 0 Å². The van der Waals surface area contributed by atoms with E-state index in [0.29, 0.717) is 17.2 Å². The van der Waals surface area contributed by atoms with Crippen molar-refractivity contribution in [3.63, 3.8) is 0 Å². The molecule has 4 unspecified atom stereocenters. The van der Waals surface area contributed by atoms with E-state index < -0.39 is 0 Å². The van der Waals surface area contributed by atoms with Crippen molar-refractivity contribution in [2.45, 2.75) is 50.1 Å². The van der Waals surface area contributed by atoms with E-state index in [0.717, 1.165) is 17.7 Å². The Bertz CT molecular complexity index is 328. The van der Waals surface area contributed by atoms with Gasteiger partial charge in [-0.2, -0.15) is 0 Å². The molecule has 17 heavy (non-hydrogen) atoms. The number of thioether (sulfide) groups is 1. The molecular weight excluding hydrogens is 232 g/mol. The largest absolute Gasteiger partial charge is 0.440 e. The van der Waals surface area contributed by atoms with Crippen LogP contribution in [0, 0.1) is 11.8 Å². The Kier molecular flexibility index (Phi) is 4.51. The van der Waals surface area contributed by atoms with Crippen molar-refractivity contribution < 1.29 is 4.42 Å². The maximum Gasteiger partial charge on any atom is 0.255 e. The first-order chi connectivity index (χ1) is 8.20. The van der Waals surface area contributed by atoms with E-state index in [2.05, 4.69) is 31.1 Å². The van der Waals surface area contributed by atoms with Crippen molar-refractivity contribution in [3.8, 4) is 0 Å². The number of hydrogen-bond acceptors (Lipinski definition) is 4. The molecule has 1 N–H and O–H groups in total. The summed E-state index contributed by atoms with van der Waals surface area (Å²) in [6.45, 7) is 7.91. The Labute approximate surface area is 108 Å². The zero-order chi connectivity index (χ0) is 12.3. The SMILES string of the molecule is CCNC1CC(C)CC(C)C1Sc1ncco1. The van der Waals surface area contributed by atoms with E-state index in [1.54, 1.807) is 24.2 Å². The third kappa shape index (κ3) is 3.26. The van der Waals surface area contributed by atoms with E-state index in [1.165, 1.54) is 12.8 Å². The van der Waals surface area contributed by atoms with Crippen LogP contribution in [0.25, 0.3) is 0 Å². The summed E-state index contributed by atoms with van der Waals surface area (Å²) in [6.07, 6.45) is 5.94. The van der Waals surface area contributed by atoms with Crippen LogP contribution in [0.5, 0.6) is 0 Å². The molecule has 1 aromatic heterocycles. The van der Waals surface area contributed by atoms with Gasteiger partial charge in [-0.05, 0) is 31.2 Å². The summed E-state index contributed by atoms with van der Waals surface area (Å²) in [5.41, 5.74) is 0. The standard InChI is InChI=1S/C13H22N2OS/c1-4-14-11-8-9(2)7-10(3)12(11)17-13-15-5-6-16-13/h5-6,9-12,14H,4,7-8H2,1-3H3. The molecule has 0 saturated heterocycles. The van der Waals surface area contributed by atoms with Crippen molar-refractivity contribution in [3.05, 3.63) is 12.5 Å². The molecule has 1 heterocycles. The van der Waals surface area contributed by atoms with E-state index in [4.69, 9.17) is 4.42 Å². The molecule has 0 aliphatic heterocycles. The molecule has 96 valence electrons. The summed E-state index contributed by atoms with van der Waals surface area (Å²) in [5, 5.41) is 5.00. The molecule has 0 aromatic carbocycles. The lowest BCUT2D eigenvalue weighted by atomic mass is 9.80. The van der Waals surface area contributed by atoms with Gasteiger partial charge in [0, 0.05) is 11.3 Å². The van der Waals surface area contributed by atoms with Crippen molar-refractivity contribution in [1.29, 1.82) is 0 Å². The Morgan fingerprint density at radius 2 is 2.29 bits per heavy atom. The maximum absolute atomic E-state index is 5.36. The zero-order valence-electron chi connectivity index (χ0n) is 10.8. The minimum absolute atomic E-state index is 0.574. The molecular formula is C13H22N2OS. The molecule has 1 aromatic rings. The van der Waals surface area contributed by atoms with Gasteiger partial charge in [0.2, 0.25) is 0 Å². The molecule has 1 aliphatic carbocycles. The molecule has 0 radical (unpaired) electrons. The normalized spacial score (nSPS) is 33.8. The van der Waals surface area contributed by atoms with E-state index >= 15 is 0 Å². The van der Waals surface area contributed by atoms with Gasteiger partial charge in [0.15, 0.2) is 0 Å². The van der Waals surface area contributed by atoms with Gasteiger partial charge in [0.05, 0.1) is 6.20 Å². The summed E-state index contributed by atoms with van der Waals surface area (Å²) in [5.74, 6) is 1.52. The van der Waals surface area contributed by atoms with Crippen molar-refractivity contribution in [1.82, 2.24) is 10.3 Å². The lowest BCUT2D eigenvalue weighted by molar-refractivity contribution is 0.250. The number of rotatable bonds is 4. The number of aromatic nitrogens is 1. The average molecular weight is 254 g/mol. The zero-order valence-corrected chi connectivity index (χ0v) is 11.7. The quantitative estimate of drug-likeness (QED) is 0.895. The summed E-state index contributed by atoms with van der Waals surface area (Å²) in [7, 11) is 0. The van der Waals surface area contributed by atoms with Crippen molar-refractivity contribution >= 4 is 11.8 Å². The second kappa shape index (κ2) is 5.91. The Morgan fingerprint density at radius 3 is 2.94 bits per heavy atom. The Balaban J connectivity index is 2.04. The number of nitrogens with zero attached hydrogens (tertiary/aromatic N) is 1. The minimum Gasteiger partial charge on any atom is -0.440 e. The van der Waals surface area contributed by atoms with Gasteiger partial charge in [-0.3, -0.25) is 0 Å². The fraction of sp³-hybridized carbons (Fsp3) is 0.769. The highest BCUT2D eigenvalue weighted by Crippen LogP contribution is 2.39. The lowest BCUT2D eigenvalue weighted by Crippen LogP contribution is -2.46. The van der Waals surface area contributed by atoms with Gasteiger partial charge in [0.25, 0.3) is 5.22 Å². The second-order valence-corrected chi connectivity index (χ2v) is 6.23. The van der Waals surface area contributed by atoms with Crippen LogP contribution in [0.2, 0.25) is 0 Å². The van der Waals surface area contributed by atoms with Crippen LogP contribution in [-0.4, -0.2) is 22.8 Å². The summed E-state index contributed by atoms with van der Waals surface area (Å²) >= 11 is 1.79. The fourth-order valence-corrected chi connectivity index (χ4v) is 4.05. The van der Waals surface area contributed by atoms with Crippen LogP contribution in [0.3, 0.4) is 0 Å². The topological polar surface area (TPSA) is 38.1 Å². The molecule has 0 spiro atoms. The van der Waals surface area contributed by atoms with E-state index in [9.17, 15) is 0 Å². The van der Waals surface area contributed by atoms with Crippen LogP contribution in [0.15, 0.2) is 22.1 Å². The molecule has 1 aliphatic rings. The van der Waals surface area contributed by atoms with Crippen molar-refractivity contribution in [2.75, 3.05) is 6.54 Å². The first kappa shape index (κ1) is 13.0. The maximum atomic E-state index is 5.36. The second-order valence-electron chi connectivity index (χ2n) is 5.10. The lowest BCUT2D eigenvalue weighted by Gasteiger charge is -2.39.